The first-order valence-electron chi connectivity index (χ1n) is 6.86. The maximum Gasteiger partial charge on any atom is 0.0731 e. The van der Waals surface area contributed by atoms with E-state index in [1.165, 1.54) is 6.42 Å². The predicted octanol–water partition coefficient (Wildman–Crippen LogP) is 1.42. The first-order valence-corrected chi connectivity index (χ1v) is 6.86. The summed E-state index contributed by atoms with van der Waals surface area (Å²) in [6.45, 7) is 6.81. The van der Waals surface area contributed by atoms with Gasteiger partial charge in [0.2, 0.25) is 0 Å². The van der Waals surface area contributed by atoms with Crippen LogP contribution in [0.3, 0.4) is 0 Å². The molecule has 0 unspecified atom stereocenters. The minimum absolute atomic E-state index is 0.0215. The third-order valence-electron chi connectivity index (χ3n) is 5.63. The Bertz CT molecular complexity index is 290. The molecule has 0 heterocycles. The van der Waals surface area contributed by atoms with Gasteiger partial charge in [0.25, 0.3) is 0 Å². The molecule has 2 fully saturated rings. The number of hydrogen-bond donors (Lipinski definition) is 1. The lowest BCUT2D eigenvalue weighted by atomic mass is 9.74. The van der Waals surface area contributed by atoms with Crippen molar-refractivity contribution in [3.05, 3.63) is 0 Å². The van der Waals surface area contributed by atoms with Gasteiger partial charge in [-0.3, -0.25) is 4.90 Å². The van der Waals surface area contributed by atoms with Crippen LogP contribution in [0.2, 0.25) is 0 Å². The number of likely N-dealkylation sites (N-methyl/N-ethyl adjacent to an activating group) is 2. The zero-order valence-corrected chi connectivity index (χ0v) is 12.0. The number of hydrogen-bond acceptors (Lipinski definition) is 3. The molecule has 0 aromatic heterocycles. The van der Waals surface area contributed by atoms with Gasteiger partial charge < -0.3 is 10.0 Å². The molecule has 2 bridgehead atoms. The van der Waals surface area contributed by atoms with Crippen molar-refractivity contribution in [1.29, 1.82) is 0 Å². The molecule has 3 atom stereocenters. The normalized spacial score (nSPS) is 39.5. The van der Waals surface area contributed by atoms with E-state index in [0.717, 1.165) is 25.9 Å². The van der Waals surface area contributed by atoms with Gasteiger partial charge in [-0.15, -0.1) is 0 Å². The van der Waals surface area contributed by atoms with Crippen molar-refractivity contribution in [2.45, 2.75) is 44.8 Å². The molecule has 100 valence electrons. The van der Waals surface area contributed by atoms with Gasteiger partial charge in [-0.05, 0) is 51.7 Å². The predicted molar refractivity (Wildman–Crippen MR) is 71.0 cm³/mol. The molecular weight excluding hydrogens is 212 g/mol. The second-order valence-electron chi connectivity index (χ2n) is 6.86. The first-order chi connectivity index (χ1) is 7.82. The average Bonchev–Trinajstić information content (AvgIpc) is 2.59. The summed E-state index contributed by atoms with van der Waals surface area (Å²) >= 11 is 0. The van der Waals surface area contributed by atoms with Crippen LogP contribution >= 0.6 is 0 Å². The molecule has 0 amide bonds. The molecule has 3 heteroatoms. The summed E-state index contributed by atoms with van der Waals surface area (Å²) < 4.78 is 0. The Balaban J connectivity index is 2.16. The Kier molecular flexibility index (Phi) is 3.30. The van der Waals surface area contributed by atoms with Gasteiger partial charge in [0, 0.05) is 13.1 Å². The summed E-state index contributed by atoms with van der Waals surface area (Å²) in [7, 11) is 6.42. The Morgan fingerprint density at radius 3 is 2.24 bits per heavy atom. The second-order valence-corrected chi connectivity index (χ2v) is 6.86. The lowest BCUT2D eigenvalue weighted by Gasteiger charge is -2.48. The minimum atomic E-state index is -0.136. The summed E-state index contributed by atoms with van der Waals surface area (Å²) in [5.41, 5.74) is 0.279. The summed E-state index contributed by atoms with van der Waals surface area (Å²) in [5.74, 6) is 0.708. The molecule has 2 saturated carbocycles. The Morgan fingerprint density at radius 1 is 1.18 bits per heavy atom. The van der Waals surface area contributed by atoms with Gasteiger partial charge >= 0.3 is 0 Å². The highest BCUT2D eigenvalue weighted by Crippen LogP contribution is 2.62. The highest BCUT2D eigenvalue weighted by Gasteiger charge is 2.65. The summed E-state index contributed by atoms with van der Waals surface area (Å²) in [6, 6.07) is 0. The Labute approximate surface area is 106 Å². The average molecular weight is 240 g/mol. The number of nitrogens with zero attached hydrogens (tertiary/aromatic N) is 2. The number of aliphatic hydroxyl groups excluding tert-OH is 1. The van der Waals surface area contributed by atoms with E-state index < -0.39 is 0 Å². The molecule has 0 aromatic rings. The topological polar surface area (TPSA) is 26.7 Å². The van der Waals surface area contributed by atoms with E-state index >= 15 is 0 Å². The number of fused-ring (bicyclic) bond motifs is 2. The standard InChI is InChI=1S/C14H28N2O/c1-13(2)11-6-7-14(13,12(17)10-11)16(5)9-8-15(3)4/h11-12,17H,6-10H2,1-5H3/t11-,12-,14-/m1/s1. The molecule has 3 nitrogen and oxygen atoms in total. The fraction of sp³-hybridized carbons (Fsp3) is 1.00. The molecule has 17 heavy (non-hydrogen) atoms. The van der Waals surface area contributed by atoms with Crippen molar-refractivity contribution < 1.29 is 5.11 Å². The molecule has 2 aliphatic carbocycles. The van der Waals surface area contributed by atoms with Gasteiger partial charge in [-0.1, -0.05) is 13.8 Å². The van der Waals surface area contributed by atoms with Crippen LogP contribution in [-0.2, 0) is 0 Å². The van der Waals surface area contributed by atoms with Crippen LogP contribution in [0.4, 0.5) is 0 Å². The zero-order chi connectivity index (χ0) is 12.8. The summed E-state index contributed by atoms with van der Waals surface area (Å²) in [4.78, 5) is 4.65. The maximum absolute atomic E-state index is 10.5. The van der Waals surface area contributed by atoms with Crippen LogP contribution < -0.4 is 0 Å². The lowest BCUT2D eigenvalue weighted by Crippen LogP contribution is -2.59. The molecule has 1 N–H and O–H groups in total. The van der Waals surface area contributed by atoms with E-state index in [1.54, 1.807) is 0 Å². The highest BCUT2D eigenvalue weighted by atomic mass is 16.3. The molecular formula is C14H28N2O. The van der Waals surface area contributed by atoms with E-state index in [4.69, 9.17) is 0 Å². The highest BCUT2D eigenvalue weighted by molar-refractivity contribution is 5.18. The third kappa shape index (κ3) is 1.74. The third-order valence-corrected chi connectivity index (χ3v) is 5.63. The van der Waals surface area contributed by atoms with Gasteiger partial charge in [0.15, 0.2) is 0 Å². The quantitative estimate of drug-likeness (QED) is 0.805. The number of aliphatic hydroxyl groups is 1. The van der Waals surface area contributed by atoms with E-state index in [2.05, 4.69) is 44.8 Å². The fourth-order valence-electron chi connectivity index (χ4n) is 4.39. The molecule has 0 saturated heterocycles. The van der Waals surface area contributed by atoms with E-state index in [-0.39, 0.29) is 17.1 Å². The maximum atomic E-state index is 10.5. The van der Waals surface area contributed by atoms with E-state index in [9.17, 15) is 5.11 Å². The van der Waals surface area contributed by atoms with Crippen LogP contribution in [0.25, 0.3) is 0 Å². The Morgan fingerprint density at radius 2 is 1.82 bits per heavy atom. The van der Waals surface area contributed by atoms with Crippen molar-refractivity contribution in [3.8, 4) is 0 Å². The van der Waals surface area contributed by atoms with Crippen LogP contribution in [0.5, 0.6) is 0 Å². The van der Waals surface area contributed by atoms with Crippen LogP contribution in [0, 0.1) is 11.3 Å². The van der Waals surface area contributed by atoms with E-state index in [1.807, 2.05) is 0 Å². The first kappa shape index (κ1) is 13.3. The molecule has 0 aromatic carbocycles. The van der Waals surface area contributed by atoms with Crippen molar-refractivity contribution in [2.24, 2.45) is 11.3 Å². The van der Waals surface area contributed by atoms with Gasteiger partial charge in [0.05, 0.1) is 11.6 Å². The van der Waals surface area contributed by atoms with Gasteiger partial charge in [-0.25, -0.2) is 0 Å². The monoisotopic (exact) mass is 240 g/mol. The molecule has 0 aliphatic heterocycles. The van der Waals surface area contributed by atoms with Crippen molar-refractivity contribution >= 4 is 0 Å². The largest absolute Gasteiger partial charge is 0.391 e. The van der Waals surface area contributed by atoms with Crippen molar-refractivity contribution in [1.82, 2.24) is 9.80 Å². The second kappa shape index (κ2) is 4.22. The minimum Gasteiger partial charge on any atom is -0.391 e. The smallest absolute Gasteiger partial charge is 0.0731 e. The van der Waals surface area contributed by atoms with Gasteiger partial charge in [-0.2, -0.15) is 0 Å². The molecule has 0 spiro atoms. The molecule has 2 aliphatic rings. The zero-order valence-electron chi connectivity index (χ0n) is 12.0. The summed E-state index contributed by atoms with van der Waals surface area (Å²) in [6.07, 6.45) is 3.31. The fourth-order valence-corrected chi connectivity index (χ4v) is 4.39. The molecule has 0 radical (unpaired) electrons. The SMILES string of the molecule is CN(C)CCN(C)[C@]12CC[C@H](C[C@H]1O)C2(C)C. The lowest BCUT2D eigenvalue weighted by molar-refractivity contribution is -0.0476. The van der Waals surface area contributed by atoms with Crippen LogP contribution in [0.15, 0.2) is 0 Å². The summed E-state index contributed by atoms with van der Waals surface area (Å²) in [5, 5.41) is 10.5. The van der Waals surface area contributed by atoms with E-state index in [0.29, 0.717) is 5.92 Å². The van der Waals surface area contributed by atoms with Crippen molar-refractivity contribution in [3.63, 3.8) is 0 Å². The van der Waals surface area contributed by atoms with Crippen LogP contribution in [0.1, 0.15) is 33.1 Å². The van der Waals surface area contributed by atoms with Crippen LogP contribution in [-0.4, -0.2) is 60.8 Å². The number of rotatable bonds is 4. The Hall–Kier alpha value is -0.120. The van der Waals surface area contributed by atoms with Gasteiger partial charge in [0.1, 0.15) is 0 Å². The molecule has 2 rings (SSSR count). The van der Waals surface area contributed by atoms with Crippen molar-refractivity contribution in [2.75, 3.05) is 34.2 Å².